The van der Waals surface area contributed by atoms with Crippen LogP contribution >= 0.6 is 0 Å². The van der Waals surface area contributed by atoms with E-state index < -0.39 is 0 Å². The Bertz CT molecular complexity index is 3230. The second kappa shape index (κ2) is 13.4. The molecule has 4 heterocycles. The Hall–Kier alpha value is -5.84. The van der Waals surface area contributed by atoms with E-state index in [4.69, 9.17) is 15.0 Å². The third-order valence-electron chi connectivity index (χ3n) is 11.6. The smallest absolute Gasteiger partial charge is 0.148 e. The molecule has 0 aliphatic heterocycles. The van der Waals surface area contributed by atoms with Crippen molar-refractivity contribution in [3.05, 3.63) is 144 Å². The van der Waals surface area contributed by atoms with Crippen molar-refractivity contribution in [2.75, 3.05) is 0 Å². The van der Waals surface area contributed by atoms with Gasteiger partial charge < -0.3 is 9.51 Å². The van der Waals surface area contributed by atoms with E-state index in [0.717, 1.165) is 99.7 Å². The van der Waals surface area contributed by atoms with Crippen LogP contribution in [0, 0.1) is 19.9 Å². The zero-order valence-corrected chi connectivity index (χ0v) is 36.2. The molecule has 7 heteroatoms. The fourth-order valence-corrected chi connectivity index (χ4v) is 8.68. The molecule has 290 valence electrons. The van der Waals surface area contributed by atoms with Crippen LogP contribution in [-0.4, -0.2) is 29.0 Å². The Morgan fingerprint density at radius 1 is 0.672 bits per heavy atom. The molecule has 6 aromatic carbocycles. The number of pyridine rings is 2. The number of hydrogen-bond donors (Lipinski definition) is 1. The minimum Gasteiger partial charge on any atom is -0.507 e. The molecule has 0 bridgehead atoms. The van der Waals surface area contributed by atoms with Crippen LogP contribution in [-0.2, 0) is 31.9 Å². The number of aromatic hydroxyl groups is 1. The van der Waals surface area contributed by atoms with Gasteiger partial charge in [-0.25, -0.2) is 9.97 Å². The monoisotopic (exact) mass is 937 g/mol. The average Bonchev–Trinajstić information content (AvgIpc) is 3.74. The van der Waals surface area contributed by atoms with Crippen LogP contribution in [0.4, 0.5) is 0 Å². The van der Waals surface area contributed by atoms with E-state index in [9.17, 15) is 5.11 Å². The Labute approximate surface area is 352 Å². The summed E-state index contributed by atoms with van der Waals surface area (Å²) in [5.74, 6) is 1.86. The Morgan fingerprint density at radius 3 is 2.22 bits per heavy atom. The van der Waals surface area contributed by atoms with Gasteiger partial charge in [0.25, 0.3) is 0 Å². The van der Waals surface area contributed by atoms with E-state index in [1.54, 1.807) is 0 Å². The Balaban J connectivity index is 0.00000436. The predicted molar refractivity (Wildman–Crippen MR) is 235 cm³/mol. The number of imidazole rings is 2. The van der Waals surface area contributed by atoms with Crippen molar-refractivity contribution in [2.24, 2.45) is 0 Å². The van der Waals surface area contributed by atoms with Gasteiger partial charge in [0.2, 0.25) is 0 Å². The van der Waals surface area contributed by atoms with E-state index in [-0.39, 0.29) is 37.6 Å². The summed E-state index contributed by atoms with van der Waals surface area (Å²) in [6.07, 6.45) is 1.89. The Morgan fingerprint density at radius 2 is 1.47 bits per heavy atom. The maximum atomic E-state index is 12.4. The van der Waals surface area contributed by atoms with Crippen LogP contribution in [0.2, 0.25) is 0 Å². The zero-order valence-electron chi connectivity index (χ0n) is 34.0. The number of aryl methyl sites for hydroxylation is 2. The summed E-state index contributed by atoms with van der Waals surface area (Å²) in [6, 6.07) is 42.3. The molecule has 0 amide bonds. The van der Waals surface area contributed by atoms with Gasteiger partial charge in [0.15, 0.2) is 0 Å². The third kappa shape index (κ3) is 5.75. The normalized spacial score (nSPS) is 12.4. The number of para-hydroxylation sites is 1. The quantitative estimate of drug-likeness (QED) is 0.108. The molecule has 6 nitrogen and oxygen atoms in total. The van der Waals surface area contributed by atoms with Crippen molar-refractivity contribution < 1.29 is 26.2 Å². The molecule has 10 rings (SSSR count). The van der Waals surface area contributed by atoms with Gasteiger partial charge in [-0.3, -0.25) is 9.55 Å². The second-order valence-corrected chi connectivity index (χ2v) is 17.6. The first kappa shape index (κ1) is 37.7. The molecule has 0 radical (unpaired) electrons. The average molecular weight is 938 g/mol. The minimum atomic E-state index is -0.312. The number of aromatic nitrogens is 5. The van der Waals surface area contributed by atoms with E-state index >= 15 is 0 Å². The largest absolute Gasteiger partial charge is 0.507 e. The summed E-state index contributed by atoms with van der Waals surface area (Å²) >= 11 is 0. The summed E-state index contributed by atoms with van der Waals surface area (Å²) in [7, 11) is 0. The maximum Gasteiger partial charge on any atom is 0.148 e. The molecule has 0 saturated heterocycles. The van der Waals surface area contributed by atoms with Crippen molar-refractivity contribution in [3.8, 4) is 45.1 Å². The van der Waals surface area contributed by atoms with Crippen LogP contribution < -0.4 is 0 Å². The SMILES string of the molecule is Cc1ccc(-n2c(-c3cc(C(C)(C)C)cc(C(C)(C)C)c3O)nc3c(-c4[c-]c5c6nccc7ccc8nc(C)n(c5cc4)c8c76)cccc32)c(-c2ccccc2)c1.[Pt]. The topological polar surface area (TPSA) is 68.2 Å². The molecule has 1 N–H and O–H groups in total. The number of rotatable bonds is 4. The minimum absolute atomic E-state index is 0. The number of phenols is 1. The number of phenolic OH excluding ortho intramolecular Hbond substituents is 1. The number of hydrogen-bond acceptors (Lipinski definition) is 4. The molecule has 0 fully saturated rings. The zero-order chi connectivity index (χ0) is 39.5. The first-order valence-corrected chi connectivity index (χ1v) is 19.7. The van der Waals surface area contributed by atoms with Crippen LogP contribution in [0.5, 0.6) is 5.75 Å². The van der Waals surface area contributed by atoms with Gasteiger partial charge >= 0.3 is 0 Å². The number of benzene rings is 6. The molecule has 0 saturated carbocycles. The van der Waals surface area contributed by atoms with Gasteiger partial charge in [0.05, 0.1) is 33.3 Å². The van der Waals surface area contributed by atoms with Crippen LogP contribution in [0.15, 0.2) is 115 Å². The maximum absolute atomic E-state index is 12.4. The van der Waals surface area contributed by atoms with Crippen LogP contribution in [0.25, 0.3) is 88.6 Å². The van der Waals surface area contributed by atoms with Gasteiger partial charge in [-0.05, 0) is 88.5 Å². The van der Waals surface area contributed by atoms with Crippen molar-refractivity contribution in [3.63, 3.8) is 0 Å². The molecular formula is C51H44N5OPt-. The molecule has 0 aliphatic rings. The third-order valence-corrected chi connectivity index (χ3v) is 11.6. The molecule has 4 aromatic heterocycles. The molecule has 0 unspecified atom stereocenters. The van der Waals surface area contributed by atoms with Gasteiger partial charge in [0, 0.05) is 43.9 Å². The van der Waals surface area contributed by atoms with Gasteiger partial charge in [0.1, 0.15) is 17.4 Å². The van der Waals surface area contributed by atoms with Crippen molar-refractivity contribution in [1.29, 1.82) is 0 Å². The summed E-state index contributed by atoms with van der Waals surface area (Å²) in [5, 5.41) is 15.5. The first-order valence-electron chi connectivity index (χ1n) is 19.7. The molecule has 0 atom stereocenters. The molecule has 58 heavy (non-hydrogen) atoms. The van der Waals surface area contributed by atoms with E-state index in [1.165, 1.54) is 0 Å². The van der Waals surface area contributed by atoms with E-state index in [1.807, 2.05) is 12.3 Å². The molecule has 0 aliphatic carbocycles. The molecular weight excluding hydrogens is 894 g/mol. The molecule has 10 aromatic rings. The fourth-order valence-electron chi connectivity index (χ4n) is 8.68. The van der Waals surface area contributed by atoms with Gasteiger partial charge in [-0.1, -0.05) is 119 Å². The van der Waals surface area contributed by atoms with Crippen molar-refractivity contribution in [2.45, 2.75) is 66.2 Å². The fraction of sp³-hybridized carbons (Fsp3) is 0.196. The van der Waals surface area contributed by atoms with E-state index in [2.05, 4.69) is 174 Å². The van der Waals surface area contributed by atoms with Crippen LogP contribution in [0.1, 0.15) is 64.1 Å². The summed E-state index contributed by atoms with van der Waals surface area (Å²) in [4.78, 5) is 15.5. The van der Waals surface area contributed by atoms with Gasteiger partial charge in [-0.15, -0.1) is 23.8 Å². The summed E-state index contributed by atoms with van der Waals surface area (Å²) in [6.45, 7) is 17.3. The van der Waals surface area contributed by atoms with E-state index in [0.29, 0.717) is 11.4 Å². The summed E-state index contributed by atoms with van der Waals surface area (Å²) < 4.78 is 4.49. The Kier molecular flexibility index (Phi) is 8.69. The summed E-state index contributed by atoms with van der Waals surface area (Å²) in [5.41, 5.74) is 14.2. The first-order chi connectivity index (χ1) is 27.3. The van der Waals surface area contributed by atoms with Crippen LogP contribution in [0.3, 0.4) is 0 Å². The standard InChI is InChI=1S/C51H44N5O.Pt/c1-29-17-21-41(36(25-29)31-13-10-9-11-14-31)56-43-16-12-15-35(45(43)54-49(56)38-27-34(50(3,4)5)28-39(48(38)57)51(6,7)8)33-19-22-42-37(26-33)46-44-32(23-24-52-46)18-20-40-47(44)55(42)30(2)53-40;/h9-25,27-28,57H,1-8H3;/q-1;. The van der Waals surface area contributed by atoms with Crippen molar-refractivity contribution >= 4 is 49.3 Å². The number of nitrogens with zero attached hydrogens (tertiary/aromatic N) is 5. The molecule has 0 spiro atoms. The number of fused-ring (bicyclic) bond motifs is 4. The second-order valence-electron chi connectivity index (χ2n) is 17.6. The predicted octanol–water partition coefficient (Wildman–Crippen LogP) is 12.7. The van der Waals surface area contributed by atoms with Crippen molar-refractivity contribution in [1.82, 2.24) is 23.9 Å². The van der Waals surface area contributed by atoms with Gasteiger partial charge in [-0.2, -0.15) is 0 Å².